The summed E-state index contributed by atoms with van der Waals surface area (Å²) in [5, 5.41) is 0. The fraction of sp³-hybridized carbons (Fsp3) is 0.667. The van der Waals surface area contributed by atoms with Crippen LogP contribution in [0.15, 0.2) is 16.5 Å². The molecule has 5 heteroatoms. The van der Waals surface area contributed by atoms with Crippen LogP contribution < -0.4 is 0 Å². The summed E-state index contributed by atoms with van der Waals surface area (Å²) >= 11 is 0. The number of hydrogen-bond acceptors (Lipinski definition) is 4. The fourth-order valence-corrected chi connectivity index (χ4v) is 3.25. The molecule has 1 aromatic rings. The molecule has 0 spiro atoms. The first-order valence-corrected chi connectivity index (χ1v) is 7.31. The summed E-state index contributed by atoms with van der Waals surface area (Å²) in [5.74, 6) is 1.15. The van der Waals surface area contributed by atoms with Gasteiger partial charge >= 0.3 is 0 Å². The number of ether oxygens (including phenoxy) is 2. The van der Waals surface area contributed by atoms with Crippen LogP contribution in [0, 0.1) is 6.92 Å². The van der Waals surface area contributed by atoms with E-state index in [0.717, 1.165) is 18.6 Å². The van der Waals surface area contributed by atoms with E-state index in [1.165, 1.54) is 0 Å². The molecule has 0 bridgehead atoms. The lowest BCUT2D eigenvalue weighted by Crippen LogP contribution is -2.53. The largest absolute Gasteiger partial charge is 0.456 e. The van der Waals surface area contributed by atoms with E-state index in [0.29, 0.717) is 25.5 Å². The van der Waals surface area contributed by atoms with Crippen LogP contribution in [0.25, 0.3) is 0 Å². The molecule has 2 heterocycles. The van der Waals surface area contributed by atoms with Gasteiger partial charge in [0.2, 0.25) is 0 Å². The van der Waals surface area contributed by atoms with Crippen molar-refractivity contribution >= 4 is 5.91 Å². The summed E-state index contributed by atoms with van der Waals surface area (Å²) in [7, 11) is 0. The number of rotatable bonds is 3. The van der Waals surface area contributed by atoms with E-state index in [1.807, 2.05) is 24.8 Å². The predicted octanol–water partition coefficient (Wildman–Crippen LogP) is 2.00. The molecule has 1 saturated carbocycles. The Morgan fingerprint density at radius 1 is 1.45 bits per heavy atom. The number of amides is 1. The maximum absolute atomic E-state index is 12.6. The van der Waals surface area contributed by atoms with Crippen molar-refractivity contribution in [1.29, 1.82) is 0 Å². The number of fused-ring (bicyclic) bond motifs is 1. The van der Waals surface area contributed by atoms with Gasteiger partial charge in [-0.1, -0.05) is 0 Å². The normalized spacial score (nSPS) is 29.5. The number of nitrogens with zero attached hydrogens (tertiary/aromatic N) is 1. The summed E-state index contributed by atoms with van der Waals surface area (Å²) in [6, 6.07) is 3.68. The van der Waals surface area contributed by atoms with Crippen molar-refractivity contribution in [3.05, 3.63) is 23.7 Å². The van der Waals surface area contributed by atoms with E-state index < -0.39 is 0 Å². The number of hydrogen-bond donors (Lipinski definition) is 0. The molecule has 1 saturated heterocycles. The van der Waals surface area contributed by atoms with Gasteiger partial charge in [-0.2, -0.15) is 0 Å². The first-order valence-electron chi connectivity index (χ1n) is 7.31. The molecule has 0 unspecified atom stereocenters. The third-order valence-electron chi connectivity index (χ3n) is 4.13. The average molecular weight is 279 g/mol. The van der Waals surface area contributed by atoms with Crippen molar-refractivity contribution in [1.82, 2.24) is 4.90 Å². The van der Waals surface area contributed by atoms with Gasteiger partial charge in [0.15, 0.2) is 5.76 Å². The van der Waals surface area contributed by atoms with E-state index in [-0.39, 0.29) is 24.2 Å². The highest BCUT2D eigenvalue weighted by Gasteiger charge is 2.45. The molecular weight excluding hydrogens is 258 g/mol. The van der Waals surface area contributed by atoms with E-state index in [4.69, 9.17) is 13.9 Å². The highest BCUT2D eigenvalue weighted by atomic mass is 16.5. The lowest BCUT2D eigenvalue weighted by molar-refractivity contribution is -0.103. The molecule has 3 atom stereocenters. The van der Waals surface area contributed by atoms with Gasteiger partial charge in [-0.3, -0.25) is 4.79 Å². The van der Waals surface area contributed by atoms with Crippen LogP contribution in [0.5, 0.6) is 0 Å². The molecule has 1 aromatic heterocycles. The first-order chi connectivity index (χ1) is 9.70. The molecule has 1 aliphatic heterocycles. The van der Waals surface area contributed by atoms with Gasteiger partial charge in [0.05, 0.1) is 18.8 Å². The monoisotopic (exact) mass is 279 g/mol. The van der Waals surface area contributed by atoms with Crippen molar-refractivity contribution in [3.63, 3.8) is 0 Å². The molecule has 0 aromatic carbocycles. The summed E-state index contributed by atoms with van der Waals surface area (Å²) in [6.45, 7) is 5.71. The third-order valence-corrected chi connectivity index (χ3v) is 4.13. The summed E-state index contributed by atoms with van der Waals surface area (Å²) in [5.41, 5.74) is 0. The van der Waals surface area contributed by atoms with Gasteiger partial charge in [0.25, 0.3) is 5.91 Å². The number of carbonyl (C=O) groups is 1. The minimum atomic E-state index is -0.0338. The van der Waals surface area contributed by atoms with Gasteiger partial charge < -0.3 is 18.8 Å². The van der Waals surface area contributed by atoms with Crippen LogP contribution >= 0.6 is 0 Å². The van der Waals surface area contributed by atoms with E-state index in [2.05, 4.69) is 0 Å². The summed E-state index contributed by atoms with van der Waals surface area (Å²) in [6.07, 6.45) is 1.99. The zero-order chi connectivity index (χ0) is 14.1. The Morgan fingerprint density at radius 2 is 2.30 bits per heavy atom. The molecule has 20 heavy (non-hydrogen) atoms. The molecule has 1 aliphatic carbocycles. The fourth-order valence-electron chi connectivity index (χ4n) is 3.25. The quantitative estimate of drug-likeness (QED) is 0.849. The van der Waals surface area contributed by atoms with Gasteiger partial charge in [0, 0.05) is 13.2 Å². The lowest BCUT2D eigenvalue weighted by Gasteiger charge is -2.38. The van der Waals surface area contributed by atoms with Crippen molar-refractivity contribution in [3.8, 4) is 0 Å². The second-order valence-corrected chi connectivity index (χ2v) is 5.38. The van der Waals surface area contributed by atoms with Crippen LogP contribution in [0.3, 0.4) is 0 Å². The van der Waals surface area contributed by atoms with E-state index in [9.17, 15) is 4.79 Å². The third kappa shape index (κ3) is 2.36. The standard InChI is InChI=1S/C15H21NO4/c1-3-18-12-7-5-11-14(12)19-9-8-16(11)15(17)13-6-4-10(2)20-13/h4,6,11-12,14H,3,5,7-9H2,1-2H3/t11-,12+,14+/m0/s1. The number of carbonyl (C=O) groups excluding carboxylic acids is 1. The lowest BCUT2D eigenvalue weighted by atomic mass is 10.1. The molecule has 2 aliphatic rings. The highest BCUT2D eigenvalue weighted by molar-refractivity contribution is 5.92. The Bertz CT molecular complexity index is 484. The molecule has 110 valence electrons. The summed E-state index contributed by atoms with van der Waals surface area (Å²) in [4.78, 5) is 14.5. The zero-order valence-electron chi connectivity index (χ0n) is 12.0. The molecule has 2 fully saturated rings. The topological polar surface area (TPSA) is 51.9 Å². The van der Waals surface area contributed by atoms with Crippen LogP contribution in [0.4, 0.5) is 0 Å². The Hall–Kier alpha value is -1.33. The molecule has 5 nitrogen and oxygen atoms in total. The second-order valence-electron chi connectivity index (χ2n) is 5.38. The molecule has 1 amide bonds. The molecule has 3 rings (SSSR count). The molecular formula is C15H21NO4. The van der Waals surface area contributed by atoms with Gasteiger partial charge in [0.1, 0.15) is 11.9 Å². The maximum atomic E-state index is 12.6. The Labute approximate surface area is 118 Å². The number of morpholine rings is 1. The number of furan rings is 1. The van der Waals surface area contributed by atoms with E-state index in [1.54, 1.807) is 6.07 Å². The Balaban J connectivity index is 1.75. The Kier molecular flexibility index (Phi) is 3.81. The smallest absolute Gasteiger partial charge is 0.289 e. The van der Waals surface area contributed by atoms with Crippen molar-refractivity contribution in [2.75, 3.05) is 19.8 Å². The van der Waals surface area contributed by atoms with Crippen LogP contribution in [0.1, 0.15) is 36.1 Å². The second kappa shape index (κ2) is 5.58. The minimum absolute atomic E-state index is 0.00343. The van der Waals surface area contributed by atoms with Gasteiger partial charge in [-0.15, -0.1) is 0 Å². The first kappa shape index (κ1) is 13.6. The average Bonchev–Trinajstić information content (AvgIpc) is 3.05. The van der Waals surface area contributed by atoms with Crippen molar-refractivity contribution in [2.24, 2.45) is 0 Å². The SMILES string of the molecule is CCO[C@@H]1CC[C@H]2[C@H]1OCCN2C(=O)c1ccc(C)o1. The zero-order valence-corrected chi connectivity index (χ0v) is 12.0. The van der Waals surface area contributed by atoms with E-state index >= 15 is 0 Å². The van der Waals surface area contributed by atoms with Crippen molar-refractivity contribution in [2.45, 2.75) is 44.9 Å². The summed E-state index contributed by atoms with van der Waals surface area (Å²) < 4.78 is 17.0. The number of aryl methyl sites for hydroxylation is 1. The predicted molar refractivity (Wildman–Crippen MR) is 72.7 cm³/mol. The van der Waals surface area contributed by atoms with Gasteiger partial charge in [-0.25, -0.2) is 0 Å². The molecule has 0 radical (unpaired) electrons. The van der Waals surface area contributed by atoms with Crippen LogP contribution in [-0.4, -0.2) is 48.8 Å². The Morgan fingerprint density at radius 3 is 3.00 bits per heavy atom. The highest BCUT2D eigenvalue weighted by Crippen LogP contribution is 2.33. The van der Waals surface area contributed by atoms with Crippen LogP contribution in [-0.2, 0) is 9.47 Å². The minimum Gasteiger partial charge on any atom is -0.456 e. The van der Waals surface area contributed by atoms with Crippen LogP contribution in [0.2, 0.25) is 0 Å². The molecule has 0 N–H and O–H groups in total. The van der Waals surface area contributed by atoms with Gasteiger partial charge in [-0.05, 0) is 38.8 Å². The van der Waals surface area contributed by atoms with Crippen molar-refractivity contribution < 1.29 is 18.7 Å². The maximum Gasteiger partial charge on any atom is 0.289 e.